The molecule has 134 valence electrons. The van der Waals surface area contributed by atoms with Crippen LogP contribution in [-0.2, 0) is 9.59 Å². The van der Waals surface area contributed by atoms with Gasteiger partial charge >= 0.3 is 5.97 Å². The largest absolute Gasteiger partial charge is 0.481 e. The molecule has 0 saturated heterocycles. The summed E-state index contributed by atoms with van der Waals surface area (Å²) in [5, 5.41) is 9.56. The Labute approximate surface area is 150 Å². The lowest BCUT2D eigenvalue weighted by atomic mass is 9.70. The second-order valence-corrected chi connectivity index (χ2v) is 7.12. The number of rotatable bonds is 7. The third kappa shape index (κ3) is 4.91. The molecule has 0 aliphatic heterocycles. The summed E-state index contributed by atoms with van der Waals surface area (Å²) in [4.78, 5) is 23.1. The van der Waals surface area contributed by atoms with Crippen molar-refractivity contribution in [1.82, 2.24) is 0 Å². The minimum absolute atomic E-state index is 0.0468. The van der Waals surface area contributed by atoms with Gasteiger partial charge in [0.25, 0.3) is 0 Å². The van der Waals surface area contributed by atoms with Crippen LogP contribution in [0.3, 0.4) is 0 Å². The van der Waals surface area contributed by atoms with Crippen LogP contribution in [0.1, 0.15) is 51.5 Å². The van der Waals surface area contributed by atoms with Gasteiger partial charge in [0.1, 0.15) is 5.78 Å². The molecule has 1 N–H and O–H groups in total. The van der Waals surface area contributed by atoms with Crippen LogP contribution in [0.4, 0.5) is 0 Å². The maximum Gasteiger partial charge on any atom is 0.307 e. The molecule has 3 nitrogen and oxygen atoms in total. The van der Waals surface area contributed by atoms with Crippen molar-refractivity contribution in [3.8, 4) is 0 Å². The molecule has 25 heavy (non-hydrogen) atoms. The minimum atomic E-state index is -0.843. The first-order chi connectivity index (χ1) is 11.9. The number of benzene rings is 1. The lowest BCUT2D eigenvalue weighted by Crippen LogP contribution is -2.30. The number of aliphatic carboxylic acids is 1. The number of carboxylic acids is 1. The molecule has 0 heterocycles. The van der Waals surface area contributed by atoms with Crippen LogP contribution in [0, 0.1) is 17.8 Å². The molecule has 0 aromatic heterocycles. The maximum absolute atomic E-state index is 11.7. The molecule has 3 unspecified atom stereocenters. The van der Waals surface area contributed by atoms with E-state index in [0.717, 1.165) is 25.7 Å². The Kier molecular flexibility index (Phi) is 6.74. The molecule has 1 saturated carbocycles. The fourth-order valence-corrected chi connectivity index (χ4v) is 4.12. The summed E-state index contributed by atoms with van der Waals surface area (Å²) in [6.45, 7) is 7.60. The average molecular weight is 340 g/mol. The lowest BCUT2D eigenvalue weighted by molar-refractivity contribution is -0.146. The molecule has 1 aromatic rings. The molecule has 1 aromatic carbocycles. The van der Waals surface area contributed by atoms with Crippen molar-refractivity contribution in [3.05, 3.63) is 54.1 Å². The van der Waals surface area contributed by atoms with E-state index < -0.39 is 11.9 Å². The van der Waals surface area contributed by atoms with Gasteiger partial charge in [-0.15, -0.1) is 0 Å². The van der Waals surface area contributed by atoms with Gasteiger partial charge in [0.2, 0.25) is 0 Å². The van der Waals surface area contributed by atoms with E-state index in [1.54, 1.807) is 0 Å². The Morgan fingerprint density at radius 2 is 1.92 bits per heavy atom. The first-order valence-electron chi connectivity index (χ1n) is 9.04. The number of Topliss-reactive ketones (excluding diaryl/α,β-unsaturated/α-hetero) is 1. The fourth-order valence-electron chi connectivity index (χ4n) is 4.12. The van der Waals surface area contributed by atoms with Crippen LogP contribution < -0.4 is 0 Å². The number of carbonyl (C=O) groups is 2. The van der Waals surface area contributed by atoms with E-state index in [0.29, 0.717) is 5.92 Å². The van der Waals surface area contributed by atoms with E-state index in [9.17, 15) is 14.7 Å². The van der Waals surface area contributed by atoms with Gasteiger partial charge in [-0.25, -0.2) is 0 Å². The van der Waals surface area contributed by atoms with E-state index in [1.165, 1.54) is 23.6 Å². The van der Waals surface area contributed by atoms with Crippen molar-refractivity contribution in [1.29, 1.82) is 0 Å². The number of carboxylic acid groups (broad SMARTS) is 1. The molecular formula is C22H28O3. The van der Waals surface area contributed by atoms with E-state index in [1.807, 2.05) is 24.3 Å². The van der Waals surface area contributed by atoms with Crippen LogP contribution in [0.5, 0.6) is 0 Å². The number of hydrogen-bond acceptors (Lipinski definition) is 2. The number of hydrogen-bond donors (Lipinski definition) is 1. The van der Waals surface area contributed by atoms with Crippen LogP contribution in [-0.4, -0.2) is 16.9 Å². The predicted molar refractivity (Wildman–Crippen MR) is 101 cm³/mol. The summed E-state index contributed by atoms with van der Waals surface area (Å²) >= 11 is 0. The second kappa shape index (κ2) is 8.80. The summed E-state index contributed by atoms with van der Waals surface area (Å²) in [5.74, 6) is -1.09. The van der Waals surface area contributed by atoms with Crippen molar-refractivity contribution in [2.45, 2.75) is 46.0 Å². The lowest BCUT2D eigenvalue weighted by Gasteiger charge is -2.34. The highest BCUT2D eigenvalue weighted by atomic mass is 16.4. The SMILES string of the molecule is C=CC(=C(C)c1ccccc1)C1CCCC(C(CC(C)=O)C(=O)O)C1. The van der Waals surface area contributed by atoms with Gasteiger partial charge < -0.3 is 9.90 Å². The van der Waals surface area contributed by atoms with Crippen LogP contribution in [0.15, 0.2) is 48.6 Å². The molecule has 1 aliphatic rings. The number of ketones is 1. The fraction of sp³-hybridized carbons (Fsp3) is 0.455. The highest BCUT2D eigenvalue weighted by molar-refractivity contribution is 5.82. The molecule has 2 rings (SSSR count). The predicted octanol–water partition coefficient (Wildman–Crippen LogP) is 5.13. The number of allylic oxidation sites excluding steroid dienone is 3. The van der Waals surface area contributed by atoms with Gasteiger partial charge in [0.05, 0.1) is 5.92 Å². The zero-order valence-corrected chi connectivity index (χ0v) is 15.2. The van der Waals surface area contributed by atoms with Gasteiger partial charge in [0, 0.05) is 6.42 Å². The zero-order valence-electron chi connectivity index (χ0n) is 15.2. The standard InChI is InChI=1S/C22H28O3/c1-4-20(16(3)17-9-6-5-7-10-17)18-11-8-12-19(14-18)21(22(24)25)13-15(2)23/h4-7,9-10,18-19,21H,1,8,11-14H2,2-3H3,(H,24,25). The monoisotopic (exact) mass is 340 g/mol. The van der Waals surface area contributed by atoms with Gasteiger partial charge in [0.15, 0.2) is 0 Å². The van der Waals surface area contributed by atoms with Crippen molar-refractivity contribution in [2.75, 3.05) is 0 Å². The third-order valence-corrected chi connectivity index (χ3v) is 5.41. The van der Waals surface area contributed by atoms with E-state index >= 15 is 0 Å². The summed E-state index contributed by atoms with van der Waals surface area (Å²) in [6, 6.07) is 10.2. The smallest absolute Gasteiger partial charge is 0.307 e. The van der Waals surface area contributed by atoms with Crippen LogP contribution in [0.2, 0.25) is 0 Å². The topological polar surface area (TPSA) is 54.4 Å². The average Bonchev–Trinajstić information content (AvgIpc) is 2.61. The van der Waals surface area contributed by atoms with E-state index in [4.69, 9.17) is 0 Å². The molecule has 3 heteroatoms. The highest BCUT2D eigenvalue weighted by Gasteiger charge is 2.34. The minimum Gasteiger partial charge on any atom is -0.481 e. The quantitative estimate of drug-likeness (QED) is 0.700. The second-order valence-electron chi connectivity index (χ2n) is 7.12. The van der Waals surface area contributed by atoms with E-state index in [-0.39, 0.29) is 18.1 Å². The van der Waals surface area contributed by atoms with Gasteiger partial charge in [-0.05, 0) is 61.7 Å². The van der Waals surface area contributed by atoms with Crippen molar-refractivity contribution in [3.63, 3.8) is 0 Å². The Bertz CT molecular complexity index is 657. The van der Waals surface area contributed by atoms with Crippen LogP contribution in [0.25, 0.3) is 5.57 Å². The molecule has 0 bridgehead atoms. The van der Waals surface area contributed by atoms with Gasteiger partial charge in [-0.3, -0.25) is 4.79 Å². The Hall–Kier alpha value is -2.16. The van der Waals surface area contributed by atoms with Crippen molar-refractivity contribution < 1.29 is 14.7 Å². The van der Waals surface area contributed by atoms with Gasteiger partial charge in [-0.2, -0.15) is 0 Å². The Morgan fingerprint density at radius 3 is 2.48 bits per heavy atom. The highest BCUT2D eigenvalue weighted by Crippen LogP contribution is 2.41. The maximum atomic E-state index is 11.7. The summed E-state index contributed by atoms with van der Waals surface area (Å²) in [6.07, 6.45) is 5.81. The van der Waals surface area contributed by atoms with Crippen LogP contribution >= 0.6 is 0 Å². The molecule has 0 radical (unpaired) electrons. The first kappa shape index (κ1) is 19.2. The Morgan fingerprint density at radius 1 is 1.24 bits per heavy atom. The van der Waals surface area contributed by atoms with Gasteiger partial charge in [-0.1, -0.05) is 49.4 Å². The molecule has 0 spiro atoms. The number of carbonyl (C=O) groups excluding carboxylic acids is 1. The van der Waals surface area contributed by atoms with E-state index in [2.05, 4.69) is 25.6 Å². The van der Waals surface area contributed by atoms with Crippen molar-refractivity contribution >= 4 is 17.3 Å². The third-order valence-electron chi connectivity index (χ3n) is 5.41. The first-order valence-corrected chi connectivity index (χ1v) is 9.04. The molecule has 3 atom stereocenters. The Balaban J connectivity index is 2.25. The molecular weight excluding hydrogens is 312 g/mol. The normalized spacial score (nSPS) is 22.6. The zero-order chi connectivity index (χ0) is 18.4. The molecule has 0 amide bonds. The molecule has 1 fully saturated rings. The summed E-state index contributed by atoms with van der Waals surface area (Å²) in [7, 11) is 0. The summed E-state index contributed by atoms with van der Waals surface area (Å²) < 4.78 is 0. The van der Waals surface area contributed by atoms with Crippen molar-refractivity contribution in [2.24, 2.45) is 17.8 Å². The summed E-state index contributed by atoms with van der Waals surface area (Å²) in [5.41, 5.74) is 3.60. The molecule has 1 aliphatic carbocycles.